The highest BCUT2D eigenvalue weighted by Gasteiger charge is 2.28. The first-order chi connectivity index (χ1) is 11.0. The molecule has 0 rings (SSSR count). The lowest BCUT2D eigenvalue weighted by atomic mass is 10.3. The average Bonchev–Trinajstić information content (AvgIpc) is 2.46. The Kier molecular flexibility index (Phi) is 12.7. The quantitative estimate of drug-likeness (QED) is 0.318. The van der Waals surface area contributed by atoms with Gasteiger partial charge in [-0.2, -0.15) is 0 Å². The van der Waals surface area contributed by atoms with E-state index in [0.717, 1.165) is 0 Å². The molecule has 0 radical (unpaired) electrons. The monoisotopic (exact) mass is 490 g/mol. The second kappa shape index (κ2) is 11.9. The van der Waals surface area contributed by atoms with Gasteiger partial charge >= 0.3 is 0 Å². The molecule has 150 valence electrons. The van der Waals surface area contributed by atoms with Crippen LogP contribution in [0, 0.1) is 0 Å². The molecular formula is C16H35IN4O3S. The van der Waals surface area contributed by atoms with Crippen LogP contribution in [0.5, 0.6) is 0 Å². The Bertz CT molecular complexity index is 526. The van der Waals surface area contributed by atoms with Crippen LogP contribution in [0.2, 0.25) is 0 Å². The molecular weight excluding hydrogens is 455 g/mol. The van der Waals surface area contributed by atoms with Gasteiger partial charge in [0.2, 0.25) is 5.91 Å². The summed E-state index contributed by atoms with van der Waals surface area (Å²) in [5.41, 5.74) is 0. The summed E-state index contributed by atoms with van der Waals surface area (Å²) in [6.45, 7) is 13.2. The Morgan fingerprint density at radius 2 is 1.64 bits per heavy atom. The number of nitrogens with zero attached hydrogens (tertiary/aromatic N) is 3. The third kappa shape index (κ3) is 9.07. The maximum atomic E-state index is 12.2. The van der Waals surface area contributed by atoms with Gasteiger partial charge in [-0.1, -0.05) is 0 Å². The van der Waals surface area contributed by atoms with Crippen molar-refractivity contribution < 1.29 is 13.2 Å². The van der Waals surface area contributed by atoms with Gasteiger partial charge in [0, 0.05) is 26.7 Å². The molecule has 0 unspecified atom stereocenters. The van der Waals surface area contributed by atoms with Crippen LogP contribution in [0.1, 0.15) is 41.5 Å². The standard InChI is InChI=1S/C16H34N4O3S.HI/c1-8-17-15(18-11-12-24(22,23)16(4,5)6)19(7)13-14(21)20(9-2)10-3;/h8-13H2,1-7H3,(H,17,18);1H. The summed E-state index contributed by atoms with van der Waals surface area (Å²) < 4.78 is 23.5. The normalized spacial score (nSPS) is 12.4. The first kappa shape index (κ1) is 26.6. The predicted octanol–water partition coefficient (Wildman–Crippen LogP) is 1.58. The topological polar surface area (TPSA) is 82.1 Å². The van der Waals surface area contributed by atoms with Crippen molar-refractivity contribution in [3.8, 4) is 0 Å². The lowest BCUT2D eigenvalue weighted by Crippen LogP contribution is -2.46. The van der Waals surface area contributed by atoms with Gasteiger partial charge in [0.25, 0.3) is 0 Å². The molecule has 0 aliphatic carbocycles. The number of rotatable bonds is 8. The Labute approximate surface area is 170 Å². The van der Waals surface area contributed by atoms with Gasteiger partial charge in [-0.25, -0.2) is 8.42 Å². The Morgan fingerprint density at radius 1 is 1.12 bits per heavy atom. The zero-order valence-corrected chi connectivity index (χ0v) is 19.8. The zero-order chi connectivity index (χ0) is 19.0. The maximum Gasteiger partial charge on any atom is 0.242 e. The number of sulfone groups is 1. The number of likely N-dealkylation sites (N-methyl/N-ethyl adjacent to an activating group) is 2. The molecule has 0 saturated carbocycles. The van der Waals surface area contributed by atoms with Crippen LogP contribution in [0.4, 0.5) is 0 Å². The number of carbonyl (C=O) groups excluding carboxylic acids is 1. The molecule has 25 heavy (non-hydrogen) atoms. The number of halogens is 1. The van der Waals surface area contributed by atoms with Crippen molar-refractivity contribution in [2.24, 2.45) is 4.99 Å². The maximum absolute atomic E-state index is 12.2. The van der Waals surface area contributed by atoms with Crippen molar-refractivity contribution in [2.75, 3.05) is 45.5 Å². The molecule has 1 amide bonds. The smallest absolute Gasteiger partial charge is 0.242 e. The van der Waals surface area contributed by atoms with E-state index in [1.165, 1.54) is 0 Å². The van der Waals surface area contributed by atoms with Gasteiger partial charge < -0.3 is 15.1 Å². The SMILES string of the molecule is CCNC(=NCCS(=O)(=O)C(C)(C)C)N(C)CC(=O)N(CC)CC.I. The zero-order valence-electron chi connectivity index (χ0n) is 16.6. The first-order valence-corrected chi connectivity index (χ1v) is 10.1. The fourth-order valence-electron chi connectivity index (χ4n) is 2.00. The lowest BCUT2D eigenvalue weighted by molar-refractivity contribution is -0.131. The molecule has 0 aromatic carbocycles. The minimum Gasteiger partial charge on any atom is -0.357 e. The van der Waals surface area contributed by atoms with Gasteiger partial charge in [-0.15, -0.1) is 24.0 Å². The largest absolute Gasteiger partial charge is 0.357 e. The molecule has 0 aromatic heterocycles. The summed E-state index contributed by atoms with van der Waals surface area (Å²) in [5, 5.41) is 3.10. The summed E-state index contributed by atoms with van der Waals surface area (Å²) in [5.74, 6) is 0.556. The lowest BCUT2D eigenvalue weighted by Gasteiger charge is -2.25. The van der Waals surface area contributed by atoms with Gasteiger partial charge in [0.1, 0.15) is 0 Å². The van der Waals surface area contributed by atoms with E-state index >= 15 is 0 Å². The van der Waals surface area contributed by atoms with E-state index in [4.69, 9.17) is 0 Å². The van der Waals surface area contributed by atoms with Crippen molar-refractivity contribution in [2.45, 2.75) is 46.3 Å². The van der Waals surface area contributed by atoms with Crippen LogP contribution in [0.3, 0.4) is 0 Å². The Balaban J connectivity index is 0. The van der Waals surface area contributed by atoms with Gasteiger partial charge in [-0.3, -0.25) is 9.79 Å². The van der Waals surface area contributed by atoms with E-state index in [-0.39, 0.29) is 48.7 Å². The summed E-state index contributed by atoms with van der Waals surface area (Å²) in [4.78, 5) is 20.0. The molecule has 7 nitrogen and oxygen atoms in total. The van der Waals surface area contributed by atoms with Crippen LogP contribution >= 0.6 is 24.0 Å². The fraction of sp³-hybridized carbons (Fsp3) is 0.875. The van der Waals surface area contributed by atoms with Crippen LogP contribution in [-0.4, -0.2) is 80.4 Å². The number of carbonyl (C=O) groups is 1. The molecule has 0 saturated heterocycles. The van der Waals surface area contributed by atoms with E-state index in [1.807, 2.05) is 20.8 Å². The van der Waals surface area contributed by atoms with E-state index in [2.05, 4.69) is 10.3 Å². The third-order valence-electron chi connectivity index (χ3n) is 3.74. The predicted molar refractivity (Wildman–Crippen MR) is 115 cm³/mol. The van der Waals surface area contributed by atoms with E-state index in [9.17, 15) is 13.2 Å². The number of guanidine groups is 1. The van der Waals surface area contributed by atoms with Crippen LogP contribution in [-0.2, 0) is 14.6 Å². The van der Waals surface area contributed by atoms with Crippen LogP contribution < -0.4 is 5.32 Å². The highest BCUT2D eigenvalue weighted by molar-refractivity contribution is 14.0. The van der Waals surface area contributed by atoms with Crippen molar-refractivity contribution in [3.05, 3.63) is 0 Å². The second-order valence-electron chi connectivity index (χ2n) is 6.59. The molecule has 0 heterocycles. The highest BCUT2D eigenvalue weighted by atomic mass is 127. The van der Waals surface area contributed by atoms with E-state index < -0.39 is 14.6 Å². The summed E-state index contributed by atoms with van der Waals surface area (Å²) >= 11 is 0. The van der Waals surface area contributed by atoms with Crippen molar-refractivity contribution in [1.29, 1.82) is 0 Å². The molecule has 9 heteroatoms. The number of nitrogens with one attached hydrogen (secondary N) is 1. The van der Waals surface area contributed by atoms with Gasteiger partial charge in [0.05, 0.1) is 23.6 Å². The van der Waals surface area contributed by atoms with E-state index in [0.29, 0.717) is 25.6 Å². The number of amides is 1. The second-order valence-corrected chi connectivity index (χ2v) is 9.45. The molecule has 0 spiro atoms. The van der Waals surface area contributed by atoms with Crippen molar-refractivity contribution in [1.82, 2.24) is 15.1 Å². The van der Waals surface area contributed by atoms with Crippen molar-refractivity contribution >= 4 is 45.7 Å². The minimum atomic E-state index is -3.21. The van der Waals surface area contributed by atoms with Gasteiger partial charge in [0.15, 0.2) is 15.8 Å². The average molecular weight is 490 g/mol. The molecule has 0 fully saturated rings. The molecule has 0 aliphatic heterocycles. The minimum absolute atomic E-state index is 0. The number of hydrogen-bond acceptors (Lipinski definition) is 4. The first-order valence-electron chi connectivity index (χ1n) is 8.49. The van der Waals surface area contributed by atoms with Crippen molar-refractivity contribution in [3.63, 3.8) is 0 Å². The molecule has 0 atom stereocenters. The molecule has 0 aromatic rings. The molecule has 0 aliphatic rings. The summed E-state index contributed by atoms with van der Waals surface area (Å²) in [6.07, 6.45) is 0. The number of aliphatic imine (C=N–C) groups is 1. The number of hydrogen-bond donors (Lipinski definition) is 1. The van der Waals surface area contributed by atoms with Crippen LogP contribution in [0.25, 0.3) is 0 Å². The van der Waals surface area contributed by atoms with E-state index in [1.54, 1.807) is 37.6 Å². The Hall–Kier alpha value is -0.580. The fourth-order valence-corrected chi connectivity index (χ4v) is 2.95. The highest BCUT2D eigenvalue weighted by Crippen LogP contribution is 2.15. The molecule has 0 bridgehead atoms. The Morgan fingerprint density at radius 3 is 2.04 bits per heavy atom. The summed E-state index contributed by atoms with van der Waals surface area (Å²) in [7, 11) is -1.43. The summed E-state index contributed by atoms with van der Waals surface area (Å²) in [6, 6.07) is 0. The third-order valence-corrected chi connectivity index (χ3v) is 6.33. The van der Waals surface area contributed by atoms with Crippen LogP contribution in [0.15, 0.2) is 4.99 Å². The van der Waals surface area contributed by atoms with Gasteiger partial charge in [-0.05, 0) is 41.5 Å². The molecule has 1 N–H and O–H groups in total.